The molecule has 3 aromatic rings. The van der Waals surface area contributed by atoms with E-state index < -0.39 is 5.97 Å². The molecule has 21 heavy (non-hydrogen) atoms. The Morgan fingerprint density at radius 2 is 2.10 bits per heavy atom. The molecular weight excluding hydrogens is 358 g/mol. The number of aromatic nitrogens is 3. The van der Waals surface area contributed by atoms with Gasteiger partial charge >= 0.3 is 5.97 Å². The number of hydrogen-bond donors (Lipinski definition) is 0. The summed E-state index contributed by atoms with van der Waals surface area (Å²) in [7, 11) is 1.34. The molecule has 0 saturated heterocycles. The van der Waals surface area contributed by atoms with Crippen LogP contribution in [0, 0.1) is 0 Å². The maximum atomic E-state index is 11.6. The predicted molar refractivity (Wildman–Crippen MR) is 82.5 cm³/mol. The minimum absolute atomic E-state index is 0.414. The summed E-state index contributed by atoms with van der Waals surface area (Å²) in [6.07, 6.45) is 1.63. The van der Waals surface area contributed by atoms with E-state index in [0.717, 1.165) is 10.0 Å². The lowest BCUT2D eigenvalue weighted by Crippen LogP contribution is -2.03. The van der Waals surface area contributed by atoms with Crippen LogP contribution in [0.15, 0.2) is 41.0 Å². The van der Waals surface area contributed by atoms with E-state index in [2.05, 4.69) is 26.1 Å². The molecule has 0 fully saturated rings. The average molecular weight is 367 g/mol. The minimum atomic E-state index is -0.420. The quantitative estimate of drug-likeness (QED) is 0.650. The van der Waals surface area contributed by atoms with Gasteiger partial charge in [-0.3, -0.25) is 4.40 Å². The molecule has 0 atom stereocenters. The lowest BCUT2D eigenvalue weighted by molar-refractivity contribution is 0.0600. The van der Waals surface area contributed by atoms with Crippen LogP contribution in [0.1, 0.15) is 10.4 Å². The van der Waals surface area contributed by atoms with Crippen LogP contribution in [0.3, 0.4) is 0 Å². The third-order valence-corrected chi connectivity index (χ3v) is 4.31. The first-order valence-electron chi connectivity index (χ1n) is 5.99. The number of pyridine rings is 1. The van der Waals surface area contributed by atoms with Gasteiger partial charge in [-0.25, -0.2) is 4.79 Å². The first-order chi connectivity index (χ1) is 10.1. The van der Waals surface area contributed by atoms with E-state index in [4.69, 9.17) is 16.3 Å². The van der Waals surface area contributed by atoms with Crippen molar-refractivity contribution in [2.45, 2.75) is 0 Å². The van der Waals surface area contributed by atoms with Crippen LogP contribution in [0.4, 0.5) is 0 Å². The van der Waals surface area contributed by atoms with E-state index in [-0.39, 0.29) is 0 Å². The number of ether oxygens (including phenoxy) is 1. The van der Waals surface area contributed by atoms with Crippen molar-refractivity contribution >= 4 is 39.1 Å². The van der Waals surface area contributed by atoms with Crippen LogP contribution in [0.25, 0.3) is 17.0 Å². The second-order valence-electron chi connectivity index (χ2n) is 4.26. The van der Waals surface area contributed by atoms with Gasteiger partial charge in [0.15, 0.2) is 11.5 Å². The first-order valence-corrected chi connectivity index (χ1v) is 7.16. The zero-order valence-electron chi connectivity index (χ0n) is 10.9. The van der Waals surface area contributed by atoms with Crippen LogP contribution in [-0.4, -0.2) is 27.7 Å². The summed E-state index contributed by atoms with van der Waals surface area (Å²) in [5.41, 5.74) is 1.76. The van der Waals surface area contributed by atoms with E-state index in [0.29, 0.717) is 22.1 Å². The summed E-state index contributed by atoms with van der Waals surface area (Å²) in [5.74, 6) is 0.138. The van der Waals surface area contributed by atoms with E-state index in [1.54, 1.807) is 22.7 Å². The molecule has 5 nitrogen and oxygen atoms in total. The SMILES string of the molecule is COC(=O)c1ccc2nnc(-c3cccc(Br)c3Cl)n2c1. The van der Waals surface area contributed by atoms with Gasteiger partial charge in [0.05, 0.1) is 17.7 Å². The summed E-state index contributed by atoms with van der Waals surface area (Å²) in [5, 5.41) is 8.77. The molecule has 0 amide bonds. The van der Waals surface area contributed by atoms with Crippen LogP contribution in [0.5, 0.6) is 0 Å². The standard InChI is InChI=1S/C14H9BrClN3O2/c1-21-14(20)8-5-6-11-17-18-13(19(11)7-8)9-3-2-4-10(15)12(9)16/h2-7H,1H3. The van der Waals surface area contributed by atoms with E-state index in [1.807, 2.05) is 18.2 Å². The molecule has 0 N–H and O–H groups in total. The van der Waals surface area contributed by atoms with Gasteiger partial charge in [-0.05, 0) is 40.2 Å². The Bertz CT molecular complexity index is 847. The van der Waals surface area contributed by atoms with Crippen LogP contribution < -0.4 is 0 Å². The van der Waals surface area contributed by atoms with Gasteiger partial charge in [0, 0.05) is 16.2 Å². The molecule has 0 aliphatic carbocycles. The highest BCUT2D eigenvalue weighted by Gasteiger charge is 2.15. The fourth-order valence-corrected chi connectivity index (χ4v) is 2.57. The van der Waals surface area contributed by atoms with Gasteiger partial charge < -0.3 is 4.74 Å². The zero-order chi connectivity index (χ0) is 15.0. The zero-order valence-corrected chi connectivity index (χ0v) is 13.2. The molecule has 2 aromatic heterocycles. The van der Waals surface area contributed by atoms with Crippen LogP contribution in [0.2, 0.25) is 5.02 Å². The Labute approximate surface area is 133 Å². The highest BCUT2D eigenvalue weighted by molar-refractivity contribution is 9.10. The van der Waals surface area contributed by atoms with Gasteiger partial charge in [0.1, 0.15) is 0 Å². The molecule has 2 heterocycles. The van der Waals surface area contributed by atoms with Gasteiger partial charge in [0.2, 0.25) is 0 Å². The van der Waals surface area contributed by atoms with Crippen LogP contribution >= 0.6 is 27.5 Å². The third kappa shape index (κ3) is 2.41. The van der Waals surface area contributed by atoms with E-state index >= 15 is 0 Å². The highest BCUT2D eigenvalue weighted by atomic mass is 79.9. The smallest absolute Gasteiger partial charge is 0.339 e. The maximum Gasteiger partial charge on any atom is 0.339 e. The summed E-state index contributed by atoms with van der Waals surface area (Å²) in [4.78, 5) is 11.6. The first kappa shape index (κ1) is 14.0. The van der Waals surface area contributed by atoms with Crippen molar-refractivity contribution in [2.24, 2.45) is 0 Å². The lowest BCUT2D eigenvalue weighted by Gasteiger charge is -2.05. The van der Waals surface area contributed by atoms with Crippen molar-refractivity contribution in [2.75, 3.05) is 7.11 Å². The van der Waals surface area contributed by atoms with E-state index in [9.17, 15) is 4.79 Å². The Balaban J connectivity index is 2.23. The average Bonchev–Trinajstić information content (AvgIpc) is 2.92. The van der Waals surface area contributed by atoms with Crippen molar-refractivity contribution in [3.8, 4) is 11.4 Å². The minimum Gasteiger partial charge on any atom is -0.465 e. The number of rotatable bonds is 2. The fraction of sp³-hybridized carbons (Fsp3) is 0.0714. The molecule has 0 aliphatic rings. The molecule has 0 aliphatic heterocycles. The maximum absolute atomic E-state index is 11.6. The van der Waals surface area contributed by atoms with Crippen LogP contribution in [-0.2, 0) is 4.74 Å². The molecule has 1 aromatic carbocycles. The topological polar surface area (TPSA) is 56.5 Å². The van der Waals surface area contributed by atoms with Gasteiger partial charge in [0.25, 0.3) is 0 Å². The normalized spacial score (nSPS) is 10.8. The van der Waals surface area contributed by atoms with Gasteiger partial charge in [-0.15, -0.1) is 10.2 Å². The molecule has 7 heteroatoms. The largest absolute Gasteiger partial charge is 0.465 e. The van der Waals surface area contributed by atoms with Crippen molar-refractivity contribution in [3.05, 3.63) is 51.6 Å². The number of nitrogens with zero attached hydrogens (tertiary/aromatic N) is 3. The monoisotopic (exact) mass is 365 g/mol. The second-order valence-corrected chi connectivity index (χ2v) is 5.49. The van der Waals surface area contributed by atoms with Crippen molar-refractivity contribution < 1.29 is 9.53 Å². The molecule has 0 saturated carbocycles. The Hall–Kier alpha value is -1.92. The number of fused-ring (bicyclic) bond motifs is 1. The molecule has 3 rings (SSSR count). The number of carbonyl (C=O) groups excluding carboxylic acids is 1. The number of halogens is 2. The van der Waals surface area contributed by atoms with Crippen molar-refractivity contribution in [3.63, 3.8) is 0 Å². The number of carbonyl (C=O) groups is 1. The second kappa shape index (κ2) is 5.46. The predicted octanol–water partition coefficient (Wildman–Crippen LogP) is 3.60. The Morgan fingerprint density at radius 1 is 1.29 bits per heavy atom. The molecule has 0 radical (unpaired) electrons. The van der Waals surface area contributed by atoms with Gasteiger partial charge in [-0.1, -0.05) is 17.7 Å². The molecular formula is C14H9BrClN3O2. The highest BCUT2D eigenvalue weighted by Crippen LogP contribution is 2.32. The molecule has 0 unspecified atom stereocenters. The fourth-order valence-electron chi connectivity index (χ4n) is 1.99. The number of benzene rings is 1. The molecule has 106 valence electrons. The third-order valence-electron chi connectivity index (χ3n) is 3.02. The number of hydrogen-bond acceptors (Lipinski definition) is 4. The Kier molecular flexibility index (Phi) is 3.65. The number of esters is 1. The molecule has 0 bridgehead atoms. The molecule has 0 spiro atoms. The summed E-state index contributed by atoms with van der Waals surface area (Å²) in [6.45, 7) is 0. The summed E-state index contributed by atoms with van der Waals surface area (Å²) in [6, 6.07) is 8.89. The number of methoxy groups -OCH3 is 1. The van der Waals surface area contributed by atoms with Crippen molar-refractivity contribution in [1.29, 1.82) is 0 Å². The van der Waals surface area contributed by atoms with Crippen molar-refractivity contribution in [1.82, 2.24) is 14.6 Å². The Morgan fingerprint density at radius 3 is 2.86 bits per heavy atom. The van der Waals surface area contributed by atoms with Gasteiger partial charge in [-0.2, -0.15) is 0 Å². The lowest BCUT2D eigenvalue weighted by atomic mass is 10.2. The summed E-state index contributed by atoms with van der Waals surface area (Å²) >= 11 is 9.68. The van der Waals surface area contributed by atoms with E-state index in [1.165, 1.54) is 7.11 Å². The summed E-state index contributed by atoms with van der Waals surface area (Å²) < 4.78 is 7.20.